The molecule has 1 N–H and O–H groups in total. The van der Waals surface area contributed by atoms with Crippen LogP contribution in [0.1, 0.15) is 21.6 Å². The minimum atomic E-state index is -0.896. The number of nitrogens with zero attached hydrogens (tertiary/aromatic N) is 3. The lowest BCUT2D eigenvalue weighted by Crippen LogP contribution is -2.25. The number of hydrogen-bond acceptors (Lipinski definition) is 6. The molecule has 0 amide bonds. The molecule has 0 spiro atoms. The van der Waals surface area contributed by atoms with Gasteiger partial charge in [0.1, 0.15) is 12.7 Å². The van der Waals surface area contributed by atoms with Crippen LogP contribution in [0, 0.1) is 0 Å². The van der Waals surface area contributed by atoms with Crippen LogP contribution in [0.25, 0.3) is 0 Å². The lowest BCUT2D eigenvalue weighted by atomic mass is 10.2. The van der Waals surface area contributed by atoms with Crippen LogP contribution in [0.2, 0.25) is 0 Å². The summed E-state index contributed by atoms with van der Waals surface area (Å²) in [5.41, 5.74) is 2.25. The highest BCUT2D eigenvalue weighted by atomic mass is 16.5. The quantitative estimate of drug-likeness (QED) is 0.584. The van der Waals surface area contributed by atoms with E-state index in [9.17, 15) is 9.90 Å². The molecule has 0 bridgehead atoms. The van der Waals surface area contributed by atoms with Crippen molar-refractivity contribution >= 4 is 5.97 Å². The summed E-state index contributed by atoms with van der Waals surface area (Å²) in [4.78, 5) is 11.9. The topological polar surface area (TPSA) is 86.5 Å². The van der Waals surface area contributed by atoms with Crippen LogP contribution < -0.4 is 0 Å². The van der Waals surface area contributed by atoms with E-state index in [-0.39, 0.29) is 13.2 Å². The lowest BCUT2D eigenvalue weighted by Gasteiger charge is -2.13. The van der Waals surface area contributed by atoms with Gasteiger partial charge < -0.3 is 14.6 Å². The molecule has 0 saturated carbocycles. The van der Waals surface area contributed by atoms with Gasteiger partial charge in [-0.25, -0.2) is 9.48 Å². The number of benzene rings is 2. The first kappa shape index (κ1) is 18.8. The fourth-order valence-corrected chi connectivity index (χ4v) is 2.47. The fraction of sp³-hybridized carbons (Fsp3) is 0.250. The molecule has 3 aromatic rings. The Kier molecular flexibility index (Phi) is 6.67. The van der Waals surface area contributed by atoms with E-state index in [4.69, 9.17) is 9.47 Å². The summed E-state index contributed by atoms with van der Waals surface area (Å²) >= 11 is 0. The Morgan fingerprint density at radius 1 is 1.04 bits per heavy atom. The molecule has 140 valence electrons. The van der Waals surface area contributed by atoms with E-state index < -0.39 is 12.1 Å². The molecule has 1 aromatic heterocycles. The van der Waals surface area contributed by atoms with Gasteiger partial charge in [-0.05, 0) is 17.7 Å². The molecule has 0 saturated heterocycles. The zero-order valence-corrected chi connectivity index (χ0v) is 14.8. The van der Waals surface area contributed by atoms with E-state index >= 15 is 0 Å². The van der Waals surface area contributed by atoms with E-state index in [0.29, 0.717) is 18.8 Å². The van der Waals surface area contributed by atoms with Crippen molar-refractivity contribution in [1.82, 2.24) is 15.0 Å². The zero-order valence-electron chi connectivity index (χ0n) is 14.8. The van der Waals surface area contributed by atoms with Crippen molar-refractivity contribution in [3.05, 3.63) is 83.7 Å². The molecular formula is C20H21N3O4. The minimum Gasteiger partial charge on any atom is -0.459 e. The van der Waals surface area contributed by atoms with E-state index in [0.717, 1.165) is 11.3 Å². The SMILES string of the molecule is O=C(OCC(O)Cn1nncc1COCc1ccccc1)c1ccccc1. The Morgan fingerprint density at radius 3 is 2.48 bits per heavy atom. The largest absolute Gasteiger partial charge is 0.459 e. The number of hydrogen-bond donors (Lipinski definition) is 1. The third-order valence-corrected chi connectivity index (χ3v) is 3.86. The van der Waals surface area contributed by atoms with Crippen LogP contribution in [-0.4, -0.2) is 38.8 Å². The third kappa shape index (κ3) is 5.73. The second-order valence-electron chi connectivity index (χ2n) is 6.00. The number of rotatable bonds is 9. The van der Waals surface area contributed by atoms with Gasteiger partial charge in [0.15, 0.2) is 0 Å². The number of carbonyl (C=O) groups is 1. The summed E-state index contributed by atoms with van der Waals surface area (Å²) in [6.07, 6.45) is 0.695. The van der Waals surface area contributed by atoms with Crippen LogP contribution >= 0.6 is 0 Å². The van der Waals surface area contributed by atoms with Gasteiger partial charge in [0.2, 0.25) is 0 Å². The predicted octanol–water partition coefficient (Wildman–Crippen LogP) is 2.21. The highest BCUT2D eigenvalue weighted by Crippen LogP contribution is 2.07. The molecule has 1 heterocycles. The molecule has 0 fully saturated rings. The lowest BCUT2D eigenvalue weighted by molar-refractivity contribution is 0.0197. The van der Waals surface area contributed by atoms with Gasteiger partial charge in [0, 0.05) is 0 Å². The number of ether oxygens (including phenoxy) is 2. The smallest absolute Gasteiger partial charge is 0.338 e. The van der Waals surface area contributed by atoms with Crippen molar-refractivity contribution in [1.29, 1.82) is 0 Å². The van der Waals surface area contributed by atoms with Crippen LogP contribution in [0.5, 0.6) is 0 Å². The number of aliphatic hydroxyl groups excluding tert-OH is 1. The van der Waals surface area contributed by atoms with E-state index in [2.05, 4.69) is 10.3 Å². The van der Waals surface area contributed by atoms with Gasteiger partial charge in [-0.1, -0.05) is 53.7 Å². The van der Waals surface area contributed by atoms with Crippen LogP contribution in [-0.2, 0) is 29.2 Å². The van der Waals surface area contributed by atoms with Crippen LogP contribution in [0.3, 0.4) is 0 Å². The summed E-state index contributed by atoms with van der Waals surface area (Å²) in [7, 11) is 0. The average Bonchev–Trinajstić information content (AvgIpc) is 3.14. The summed E-state index contributed by atoms with van der Waals surface area (Å²) in [6.45, 7) is 0.825. The van der Waals surface area contributed by atoms with Crippen molar-refractivity contribution in [2.24, 2.45) is 0 Å². The maximum absolute atomic E-state index is 11.9. The molecule has 1 atom stereocenters. The highest BCUT2D eigenvalue weighted by Gasteiger charge is 2.14. The molecule has 7 nitrogen and oxygen atoms in total. The number of aliphatic hydroxyl groups is 1. The van der Waals surface area contributed by atoms with Crippen LogP contribution in [0.15, 0.2) is 66.9 Å². The van der Waals surface area contributed by atoms with E-state index in [1.807, 2.05) is 36.4 Å². The number of esters is 1. The summed E-state index contributed by atoms with van der Waals surface area (Å²) in [5, 5.41) is 17.9. The zero-order chi connectivity index (χ0) is 18.9. The predicted molar refractivity (Wildman–Crippen MR) is 97.7 cm³/mol. The minimum absolute atomic E-state index is 0.127. The molecule has 27 heavy (non-hydrogen) atoms. The van der Waals surface area contributed by atoms with Gasteiger partial charge >= 0.3 is 5.97 Å². The Balaban J connectivity index is 1.45. The Labute approximate surface area is 157 Å². The number of aromatic nitrogens is 3. The van der Waals surface area contributed by atoms with E-state index in [1.54, 1.807) is 35.1 Å². The normalized spacial score (nSPS) is 11.9. The van der Waals surface area contributed by atoms with Crippen molar-refractivity contribution < 1.29 is 19.4 Å². The second-order valence-corrected chi connectivity index (χ2v) is 6.00. The van der Waals surface area contributed by atoms with Gasteiger partial charge in [-0.15, -0.1) is 5.10 Å². The monoisotopic (exact) mass is 367 g/mol. The Hall–Kier alpha value is -3.03. The molecule has 0 aliphatic carbocycles. The third-order valence-electron chi connectivity index (χ3n) is 3.86. The van der Waals surface area contributed by atoms with E-state index in [1.165, 1.54) is 0 Å². The Morgan fingerprint density at radius 2 is 1.74 bits per heavy atom. The fourth-order valence-electron chi connectivity index (χ4n) is 2.47. The highest BCUT2D eigenvalue weighted by molar-refractivity contribution is 5.89. The first-order valence-corrected chi connectivity index (χ1v) is 8.61. The molecule has 2 aromatic carbocycles. The summed E-state index contributed by atoms with van der Waals surface area (Å²) < 4.78 is 12.4. The molecule has 1 unspecified atom stereocenters. The molecule has 0 radical (unpaired) electrons. The number of carbonyl (C=O) groups excluding carboxylic acids is 1. The van der Waals surface area contributed by atoms with Crippen molar-refractivity contribution in [3.8, 4) is 0 Å². The van der Waals surface area contributed by atoms with Crippen molar-refractivity contribution in [2.75, 3.05) is 6.61 Å². The van der Waals surface area contributed by atoms with Crippen molar-refractivity contribution in [2.45, 2.75) is 25.9 Å². The first-order valence-electron chi connectivity index (χ1n) is 8.61. The Bertz CT molecular complexity index is 837. The molecule has 7 heteroatoms. The summed E-state index contributed by atoms with van der Waals surface area (Å²) in [5.74, 6) is -0.473. The molecule has 0 aliphatic heterocycles. The molecule has 3 rings (SSSR count). The first-order chi connectivity index (χ1) is 13.2. The van der Waals surface area contributed by atoms with Gasteiger partial charge in [0.05, 0.1) is 37.2 Å². The second kappa shape index (κ2) is 9.61. The maximum Gasteiger partial charge on any atom is 0.338 e. The van der Waals surface area contributed by atoms with Gasteiger partial charge in [-0.3, -0.25) is 0 Å². The van der Waals surface area contributed by atoms with Gasteiger partial charge in [-0.2, -0.15) is 0 Å². The van der Waals surface area contributed by atoms with Gasteiger partial charge in [0.25, 0.3) is 0 Å². The summed E-state index contributed by atoms with van der Waals surface area (Å²) in [6, 6.07) is 18.5. The average molecular weight is 367 g/mol. The standard InChI is InChI=1S/C20H21N3O4/c24-19(15-27-20(25)17-9-5-2-6-10-17)12-23-18(11-21-22-23)14-26-13-16-7-3-1-4-8-16/h1-11,19,24H,12-15H2. The molecular weight excluding hydrogens is 346 g/mol. The van der Waals surface area contributed by atoms with Crippen molar-refractivity contribution in [3.63, 3.8) is 0 Å². The maximum atomic E-state index is 11.9. The molecule has 0 aliphatic rings. The van der Waals surface area contributed by atoms with Crippen LogP contribution in [0.4, 0.5) is 0 Å².